The van der Waals surface area contributed by atoms with Crippen molar-refractivity contribution in [2.45, 2.75) is 38.6 Å². The van der Waals surface area contributed by atoms with E-state index in [1.54, 1.807) is 35.5 Å². The highest BCUT2D eigenvalue weighted by atomic mass is 16.2. The molecule has 31 heavy (non-hydrogen) atoms. The molecule has 7 nitrogen and oxygen atoms in total. The number of aromatic amines is 1. The van der Waals surface area contributed by atoms with Crippen molar-refractivity contribution in [1.29, 1.82) is 0 Å². The van der Waals surface area contributed by atoms with Crippen LogP contribution in [0.25, 0.3) is 11.0 Å². The first-order valence-electron chi connectivity index (χ1n) is 10.6. The number of imidazole rings is 1. The van der Waals surface area contributed by atoms with E-state index < -0.39 is 0 Å². The van der Waals surface area contributed by atoms with Crippen molar-refractivity contribution in [3.63, 3.8) is 0 Å². The molecular formula is C24H26N4O3. The first kappa shape index (κ1) is 20.8. The first-order valence-corrected chi connectivity index (χ1v) is 10.6. The van der Waals surface area contributed by atoms with Gasteiger partial charge in [0.15, 0.2) is 5.78 Å². The van der Waals surface area contributed by atoms with Gasteiger partial charge in [-0.25, -0.2) is 4.98 Å². The molecule has 160 valence electrons. The van der Waals surface area contributed by atoms with Gasteiger partial charge < -0.3 is 15.2 Å². The van der Waals surface area contributed by atoms with E-state index in [1.165, 1.54) is 0 Å². The highest BCUT2D eigenvalue weighted by Crippen LogP contribution is 2.16. The van der Waals surface area contributed by atoms with Gasteiger partial charge in [0.2, 0.25) is 5.91 Å². The number of fused-ring (bicyclic) bond motifs is 1. The molecule has 1 aromatic heterocycles. The van der Waals surface area contributed by atoms with Crippen molar-refractivity contribution in [3.05, 3.63) is 65.5 Å². The van der Waals surface area contributed by atoms with E-state index in [0.29, 0.717) is 37.1 Å². The Kier molecular flexibility index (Phi) is 6.11. The van der Waals surface area contributed by atoms with Crippen LogP contribution in [0.5, 0.6) is 0 Å². The Balaban J connectivity index is 1.23. The van der Waals surface area contributed by atoms with Gasteiger partial charge in [-0.1, -0.05) is 29.8 Å². The minimum absolute atomic E-state index is 0.00469. The lowest BCUT2D eigenvalue weighted by atomic mass is 10.0. The molecule has 3 aromatic rings. The first-order chi connectivity index (χ1) is 15.0. The lowest BCUT2D eigenvalue weighted by Crippen LogP contribution is -2.46. The summed E-state index contributed by atoms with van der Waals surface area (Å²) in [5, 5.41) is 3.06. The number of amides is 2. The van der Waals surface area contributed by atoms with Gasteiger partial charge in [0.25, 0.3) is 5.91 Å². The zero-order valence-electron chi connectivity index (χ0n) is 17.6. The van der Waals surface area contributed by atoms with Crippen LogP contribution in [0.15, 0.2) is 48.8 Å². The molecule has 0 aliphatic carbocycles. The molecule has 4 rings (SSSR count). The van der Waals surface area contributed by atoms with Crippen molar-refractivity contribution in [2.75, 3.05) is 13.1 Å². The van der Waals surface area contributed by atoms with Crippen LogP contribution in [-0.4, -0.2) is 51.6 Å². The third-order valence-electron chi connectivity index (χ3n) is 5.80. The van der Waals surface area contributed by atoms with Crippen LogP contribution in [0.3, 0.4) is 0 Å². The summed E-state index contributed by atoms with van der Waals surface area (Å²) in [6, 6.07) is 12.8. The fourth-order valence-electron chi connectivity index (χ4n) is 3.88. The largest absolute Gasteiger partial charge is 0.349 e. The van der Waals surface area contributed by atoms with Gasteiger partial charge >= 0.3 is 0 Å². The number of carbonyl (C=O) groups is 3. The average molecular weight is 418 g/mol. The molecule has 1 aliphatic heterocycles. The van der Waals surface area contributed by atoms with Crippen molar-refractivity contribution in [2.24, 2.45) is 0 Å². The number of H-pyrrole nitrogens is 1. The van der Waals surface area contributed by atoms with Crippen LogP contribution in [0.4, 0.5) is 0 Å². The third-order valence-corrected chi connectivity index (χ3v) is 5.80. The topological polar surface area (TPSA) is 95.2 Å². The molecule has 1 saturated heterocycles. The summed E-state index contributed by atoms with van der Waals surface area (Å²) in [4.78, 5) is 46.3. The molecule has 0 radical (unpaired) electrons. The van der Waals surface area contributed by atoms with Gasteiger partial charge in [-0.05, 0) is 38.0 Å². The summed E-state index contributed by atoms with van der Waals surface area (Å²) < 4.78 is 0. The number of aromatic nitrogens is 2. The average Bonchev–Trinajstić information content (AvgIpc) is 3.26. The number of hydrogen-bond donors (Lipinski definition) is 2. The van der Waals surface area contributed by atoms with Crippen LogP contribution >= 0.6 is 0 Å². The van der Waals surface area contributed by atoms with Gasteiger partial charge in [-0.15, -0.1) is 0 Å². The van der Waals surface area contributed by atoms with Gasteiger partial charge in [-0.2, -0.15) is 0 Å². The summed E-state index contributed by atoms with van der Waals surface area (Å²) in [6.45, 7) is 3.14. The molecule has 2 heterocycles. The van der Waals surface area contributed by atoms with E-state index in [0.717, 1.165) is 16.6 Å². The van der Waals surface area contributed by atoms with Crippen molar-refractivity contribution in [1.82, 2.24) is 20.2 Å². The van der Waals surface area contributed by atoms with Crippen molar-refractivity contribution < 1.29 is 14.4 Å². The second-order valence-corrected chi connectivity index (χ2v) is 8.05. The number of piperidine rings is 1. The summed E-state index contributed by atoms with van der Waals surface area (Å²) in [5.41, 5.74) is 3.99. The second kappa shape index (κ2) is 9.12. The minimum Gasteiger partial charge on any atom is -0.349 e. The summed E-state index contributed by atoms with van der Waals surface area (Å²) in [5.74, 6) is -0.135. The number of Topliss-reactive ketones (excluding diaryl/α,β-unsaturated/α-hetero) is 1. The van der Waals surface area contributed by atoms with Crippen LogP contribution in [0.1, 0.15) is 52.0 Å². The number of hydrogen-bond acceptors (Lipinski definition) is 4. The molecule has 0 unspecified atom stereocenters. The molecule has 0 atom stereocenters. The number of nitrogens with one attached hydrogen (secondary N) is 2. The molecule has 0 saturated carbocycles. The lowest BCUT2D eigenvalue weighted by molar-refractivity contribution is -0.132. The van der Waals surface area contributed by atoms with E-state index in [-0.39, 0.29) is 36.5 Å². The maximum Gasteiger partial charge on any atom is 0.251 e. The molecule has 2 N–H and O–H groups in total. The molecule has 0 spiro atoms. The Bertz CT molecular complexity index is 1100. The fourth-order valence-corrected chi connectivity index (χ4v) is 3.88. The zero-order valence-corrected chi connectivity index (χ0v) is 17.6. The highest BCUT2D eigenvalue weighted by molar-refractivity contribution is 5.98. The van der Waals surface area contributed by atoms with Crippen molar-refractivity contribution >= 4 is 28.6 Å². The number of carbonyl (C=O) groups excluding carboxylic acids is 3. The summed E-state index contributed by atoms with van der Waals surface area (Å²) in [6.07, 6.45) is 3.45. The molecule has 2 aromatic carbocycles. The van der Waals surface area contributed by atoms with Crippen LogP contribution in [0.2, 0.25) is 0 Å². The molecule has 1 fully saturated rings. The predicted molar refractivity (Wildman–Crippen MR) is 118 cm³/mol. The van der Waals surface area contributed by atoms with Crippen LogP contribution in [-0.2, 0) is 4.79 Å². The molecule has 1 aliphatic rings. The Morgan fingerprint density at radius 1 is 1.03 bits per heavy atom. The fraction of sp³-hybridized carbons (Fsp3) is 0.333. The monoisotopic (exact) mass is 418 g/mol. The van der Waals surface area contributed by atoms with E-state index >= 15 is 0 Å². The number of benzene rings is 2. The number of rotatable bonds is 6. The maximum atomic E-state index is 12.6. The van der Waals surface area contributed by atoms with Gasteiger partial charge in [0.05, 0.1) is 17.4 Å². The van der Waals surface area contributed by atoms with E-state index in [1.807, 2.05) is 25.1 Å². The molecule has 2 amide bonds. The zero-order chi connectivity index (χ0) is 21.8. The standard InChI is InChI=1S/C24H26N4O3/c1-16-2-4-17(5-3-16)22(29)8-9-23(30)28-12-10-19(11-13-28)27-24(31)18-6-7-20-21(14-18)26-15-25-20/h2-7,14-15,19H,8-13H2,1H3,(H,25,26)(H,27,31). The third kappa shape index (κ3) is 4.99. The highest BCUT2D eigenvalue weighted by Gasteiger charge is 2.24. The van der Waals surface area contributed by atoms with Gasteiger partial charge in [0.1, 0.15) is 0 Å². The van der Waals surface area contributed by atoms with Crippen molar-refractivity contribution in [3.8, 4) is 0 Å². The van der Waals surface area contributed by atoms with E-state index in [4.69, 9.17) is 0 Å². The maximum absolute atomic E-state index is 12.6. The number of likely N-dealkylation sites (tertiary alicyclic amines) is 1. The Labute approximate surface area is 180 Å². The SMILES string of the molecule is Cc1ccc(C(=O)CCC(=O)N2CCC(NC(=O)c3ccc4nc[nH]c4c3)CC2)cc1. The molecular weight excluding hydrogens is 392 g/mol. The molecule has 7 heteroatoms. The normalized spacial score (nSPS) is 14.5. The van der Waals surface area contributed by atoms with E-state index in [2.05, 4.69) is 15.3 Å². The van der Waals surface area contributed by atoms with Crippen LogP contribution in [0, 0.1) is 6.92 Å². The number of ketones is 1. The van der Waals surface area contributed by atoms with E-state index in [9.17, 15) is 14.4 Å². The Morgan fingerprint density at radius 3 is 2.48 bits per heavy atom. The smallest absolute Gasteiger partial charge is 0.251 e. The molecule has 0 bridgehead atoms. The quantitative estimate of drug-likeness (QED) is 0.601. The predicted octanol–water partition coefficient (Wildman–Crippen LogP) is 3.26. The minimum atomic E-state index is -0.120. The van der Waals surface area contributed by atoms with Crippen LogP contribution < -0.4 is 5.32 Å². The summed E-state index contributed by atoms with van der Waals surface area (Å²) >= 11 is 0. The van der Waals surface area contributed by atoms with Gasteiger partial charge in [0, 0.05) is 43.1 Å². The lowest BCUT2D eigenvalue weighted by Gasteiger charge is -2.32. The number of nitrogens with zero attached hydrogens (tertiary/aromatic N) is 2. The summed E-state index contributed by atoms with van der Waals surface area (Å²) in [7, 11) is 0. The number of aryl methyl sites for hydroxylation is 1. The Morgan fingerprint density at radius 2 is 1.74 bits per heavy atom. The van der Waals surface area contributed by atoms with Gasteiger partial charge in [-0.3, -0.25) is 14.4 Å². The Hall–Kier alpha value is -3.48. The second-order valence-electron chi connectivity index (χ2n) is 8.05.